The summed E-state index contributed by atoms with van der Waals surface area (Å²) in [4.78, 5) is 21.9. The Morgan fingerprint density at radius 3 is 2.16 bits per heavy atom. The lowest BCUT2D eigenvalue weighted by molar-refractivity contribution is -0.123. The number of allylic oxidation sites excluding steroid dienone is 1. The first-order valence-corrected chi connectivity index (χ1v) is 16.9. The van der Waals surface area contributed by atoms with Crippen molar-refractivity contribution in [2.24, 2.45) is 4.99 Å². The third kappa shape index (κ3) is 4.82. The number of hydrogen-bond donors (Lipinski definition) is 1. The van der Waals surface area contributed by atoms with E-state index in [1.807, 2.05) is 54.6 Å². The van der Waals surface area contributed by atoms with Crippen LogP contribution in [0, 0.1) is 11.6 Å². The Kier molecular flexibility index (Phi) is 6.93. The largest absolute Gasteiger partial charge is 0.305 e. The zero-order valence-corrected chi connectivity index (χ0v) is 25.2. The molecular weight excluding hydrogens is 601 g/mol. The second-order valence-electron chi connectivity index (χ2n) is 11.2. The molecule has 4 aromatic carbocycles. The Hall–Kier alpha value is -4.28. The average molecular weight is 628 g/mol. The van der Waals surface area contributed by atoms with Crippen molar-refractivity contribution in [1.82, 2.24) is 4.72 Å². The molecular formula is C34H27F2N3O3S2. The van der Waals surface area contributed by atoms with E-state index in [-0.39, 0.29) is 23.4 Å². The standard InChI is InChI=1S/C34H27F2N3O3S2/c1-44(41,42)38-27-19-29(22-11-15-24(35)16-12-22)43-32-30(27)31(23-13-17-25(36)18-14-23)34(37-32)26-9-5-6-10-28(26)39(33(34)40)20-21-7-3-2-4-8-21/h2-18,29,31,38H,19-20H2,1H3/t29-,31+,34-/m0/s1. The predicted molar refractivity (Wildman–Crippen MR) is 169 cm³/mol. The van der Waals surface area contributed by atoms with E-state index in [0.717, 1.165) is 23.1 Å². The SMILES string of the molecule is CS(=O)(=O)NC1=C2C(=N[C@]3(C(=O)N(Cc4ccccc4)c4ccccc43)[C@@H]2c2ccc(F)cc2)S[C@H](c2ccc(F)cc2)C1. The number of rotatable bonds is 6. The highest BCUT2D eigenvalue weighted by molar-refractivity contribution is 8.14. The number of benzene rings is 4. The van der Waals surface area contributed by atoms with Crippen LogP contribution in [-0.4, -0.2) is 25.6 Å². The number of para-hydroxylation sites is 1. The van der Waals surface area contributed by atoms with E-state index < -0.39 is 27.3 Å². The van der Waals surface area contributed by atoms with Gasteiger partial charge in [0.2, 0.25) is 10.0 Å². The predicted octanol–water partition coefficient (Wildman–Crippen LogP) is 6.58. The van der Waals surface area contributed by atoms with Crippen LogP contribution in [0.2, 0.25) is 0 Å². The van der Waals surface area contributed by atoms with Crippen LogP contribution in [0.1, 0.15) is 39.8 Å². The molecule has 4 aromatic rings. The van der Waals surface area contributed by atoms with E-state index in [0.29, 0.717) is 34.0 Å². The number of carbonyl (C=O) groups excluding carboxylic acids is 1. The molecule has 1 spiro atoms. The summed E-state index contributed by atoms with van der Waals surface area (Å²) in [5, 5.41) is 0.231. The van der Waals surface area contributed by atoms with E-state index in [1.165, 1.54) is 36.0 Å². The van der Waals surface area contributed by atoms with E-state index >= 15 is 0 Å². The van der Waals surface area contributed by atoms with Gasteiger partial charge in [-0.1, -0.05) is 84.6 Å². The highest BCUT2D eigenvalue weighted by atomic mass is 32.2. The maximum atomic E-state index is 14.9. The number of thioether (sulfide) groups is 1. The second kappa shape index (κ2) is 10.7. The lowest BCUT2D eigenvalue weighted by Gasteiger charge is -2.32. The number of amides is 1. The van der Waals surface area contributed by atoms with Crippen molar-refractivity contribution in [1.29, 1.82) is 0 Å². The summed E-state index contributed by atoms with van der Waals surface area (Å²) in [5.41, 5.74) is 3.35. The first-order valence-electron chi connectivity index (χ1n) is 14.1. The lowest BCUT2D eigenvalue weighted by atomic mass is 9.73. The number of carbonyl (C=O) groups is 1. The van der Waals surface area contributed by atoms with Gasteiger partial charge in [0, 0.05) is 28.5 Å². The van der Waals surface area contributed by atoms with Crippen LogP contribution < -0.4 is 9.62 Å². The van der Waals surface area contributed by atoms with Crippen molar-refractivity contribution in [2.45, 2.75) is 29.7 Å². The smallest absolute Gasteiger partial charge is 0.260 e. The van der Waals surface area contributed by atoms with Crippen molar-refractivity contribution in [3.05, 3.63) is 148 Å². The molecule has 3 aliphatic heterocycles. The molecule has 0 radical (unpaired) electrons. The first kappa shape index (κ1) is 28.5. The molecule has 0 saturated carbocycles. The fourth-order valence-electron chi connectivity index (χ4n) is 6.50. The Morgan fingerprint density at radius 1 is 0.886 bits per heavy atom. The van der Waals surface area contributed by atoms with E-state index in [4.69, 9.17) is 4.99 Å². The zero-order chi connectivity index (χ0) is 30.6. The number of hydrogen-bond acceptors (Lipinski definition) is 5. The van der Waals surface area contributed by atoms with Gasteiger partial charge in [-0.3, -0.25) is 14.5 Å². The van der Waals surface area contributed by atoms with E-state index in [9.17, 15) is 22.0 Å². The van der Waals surface area contributed by atoms with Gasteiger partial charge < -0.3 is 4.90 Å². The summed E-state index contributed by atoms with van der Waals surface area (Å²) in [6, 6.07) is 29.3. The number of aliphatic imine (C=N–C) groups is 1. The Balaban J connectivity index is 1.46. The first-order chi connectivity index (χ1) is 21.1. The maximum absolute atomic E-state index is 14.9. The van der Waals surface area contributed by atoms with Crippen LogP contribution in [0.4, 0.5) is 14.5 Å². The Bertz CT molecular complexity index is 1950. The summed E-state index contributed by atoms with van der Waals surface area (Å²) in [6.45, 7) is 0.318. The van der Waals surface area contributed by atoms with Gasteiger partial charge in [-0.2, -0.15) is 0 Å². The zero-order valence-electron chi connectivity index (χ0n) is 23.6. The Labute approximate surface area is 258 Å². The molecule has 10 heteroatoms. The fourth-order valence-corrected chi connectivity index (χ4v) is 8.52. The molecule has 0 unspecified atom stereocenters. The van der Waals surface area contributed by atoms with Crippen LogP contribution in [0.3, 0.4) is 0 Å². The van der Waals surface area contributed by atoms with Crippen LogP contribution in [-0.2, 0) is 26.9 Å². The topological polar surface area (TPSA) is 78.8 Å². The number of nitrogens with zero attached hydrogens (tertiary/aromatic N) is 2. The van der Waals surface area contributed by atoms with Crippen molar-refractivity contribution in [3.63, 3.8) is 0 Å². The monoisotopic (exact) mass is 627 g/mol. The van der Waals surface area contributed by atoms with Gasteiger partial charge in [-0.05, 0) is 47.0 Å². The summed E-state index contributed by atoms with van der Waals surface area (Å²) >= 11 is 1.43. The summed E-state index contributed by atoms with van der Waals surface area (Å²) in [6.07, 6.45) is 1.36. The van der Waals surface area contributed by atoms with Crippen molar-refractivity contribution in [3.8, 4) is 0 Å². The number of nitrogens with one attached hydrogen (secondary N) is 1. The minimum Gasteiger partial charge on any atom is -0.305 e. The van der Waals surface area contributed by atoms with Gasteiger partial charge in [-0.25, -0.2) is 17.2 Å². The van der Waals surface area contributed by atoms with Crippen molar-refractivity contribution in [2.75, 3.05) is 11.2 Å². The second-order valence-corrected chi connectivity index (χ2v) is 14.1. The molecule has 222 valence electrons. The molecule has 3 heterocycles. The van der Waals surface area contributed by atoms with Crippen LogP contribution in [0.25, 0.3) is 0 Å². The van der Waals surface area contributed by atoms with E-state index in [2.05, 4.69) is 4.72 Å². The van der Waals surface area contributed by atoms with Gasteiger partial charge in [0.15, 0.2) is 5.54 Å². The van der Waals surface area contributed by atoms with Crippen molar-refractivity contribution < 1.29 is 22.0 Å². The lowest BCUT2D eigenvalue weighted by Crippen LogP contribution is -2.42. The molecule has 44 heavy (non-hydrogen) atoms. The minimum absolute atomic E-state index is 0.246. The highest BCUT2D eigenvalue weighted by Gasteiger charge is 2.62. The number of sulfonamides is 1. The van der Waals surface area contributed by atoms with Gasteiger partial charge in [0.25, 0.3) is 5.91 Å². The van der Waals surface area contributed by atoms with Crippen LogP contribution >= 0.6 is 11.8 Å². The van der Waals surface area contributed by atoms with Gasteiger partial charge in [-0.15, -0.1) is 0 Å². The summed E-state index contributed by atoms with van der Waals surface area (Å²) in [7, 11) is -3.74. The quantitative estimate of drug-likeness (QED) is 0.262. The molecule has 0 saturated heterocycles. The summed E-state index contributed by atoms with van der Waals surface area (Å²) in [5.74, 6) is -1.79. The fraction of sp³-hybridized carbons (Fsp3) is 0.176. The molecule has 0 fully saturated rings. The molecule has 0 aliphatic carbocycles. The van der Waals surface area contributed by atoms with Gasteiger partial charge in [0.05, 0.1) is 29.4 Å². The molecule has 7 rings (SSSR count). The van der Waals surface area contributed by atoms with Crippen molar-refractivity contribution >= 4 is 38.4 Å². The highest BCUT2D eigenvalue weighted by Crippen LogP contribution is 2.61. The van der Waals surface area contributed by atoms with Crippen LogP contribution in [0.15, 0.2) is 119 Å². The maximum Gasteiger partial charge on any atom is 0.260 e. The van der Waals surface area contributed by atoms with Gasteiger partial charge >= 0.3 is 0 Å². The number of anilines is 1. The van der Waals surface area contributed by atoms with Crippen LogP contribution in [0.5, 0.6) is 0 Å². The molecule has 6 nitrogen and oxygen atoms in total. The molecule has 3 atom stereocenters. The van der Waals surface area contributed by atoms with E-state index in [1.54, 1.807) is 29.2 Å². The van der Waals surface area contributed by atoms with Gasteiger partial charge in [0.1, 0.15) is 11.6 Å². The summed E-state index contributed by atoms with van der Waals surface area (Å²) < 4.78 is 56.2. The number of fused-ring (bicyclic) bond motifs is 3. The third-order valence-corrected chi connectivity index (χ3v) is 10.2. The normalized spacial score (nSPS) is 22.7. The molecule has 0 aromatic heterocycles. The molecule has 1 amide bonds. The number of halogens is 2. The third-order valence-electron chi connectivity index (χ3n) is 8.30. The Morgan fingerprint density at radius 2 is 1.50 bits per heavy atom. The molecule has 1 N–H and O–H groups in total. The molecule has 0 bridgehead atoms. The minimum atomic E-state index is -3.74. The molecule has 3 aliphatic rings. The average Bonchev–Trinajstić information content (AvgIpc) is 3.47.